The van der Waals surface area contributed by atoms with Crippen LogP contribution < -0.4 is 0 Å². The molecule has 90 valence electrons. The smallest absolute Gasteiger partial charge is 0.130 e. The predicted octanol–water partition coefficient (Wildman–Crippen LogP) is 2.56. The third-order valence-electron chi connectivity index (χ3n) is 2.92. The lowest BCUT2D eigenvalue weighted by atomic mass is 10.1. The number of phenolic OH excluding ortho intramolecular Hbond substituents is 2. The van der Waals surface area contributed by atoms with E-state index in [0.29, 0.717) is 17.3 Å². The van der Waals surface area contributed by atoms with Crippen molar-refractivity contribution >= 4 is 10.9 Å². The van der Waals surface area contributed by atoms with Crippen LogP contribution in [0.3, 0.4) is 0 Å². The molecule has 3 N–H and O–H groups in total. The van der Waals surface area contributed by atoms with Crippen molar-refractivity contribution in [1.29, 1.82) is 0 Å². The van der Waals surface area contributed by atoms with E-state index in [9.17, 15) is 10.2 Å². The lowest BCUT2D eigenvalue weighted by Gasteiger charge is -2.01. The molecule has 2 aromatic carbocycles. The van der Waals surface area contributed by atoms with Gasteiger partial charge in [-0.1, -0.05) is 30.3 Å². The lowest BCUT2D eigenvalue weighted by molar-refractivity contribution is 0.455. The van der Waals surface area contributed by atoms with Gasteiger partial charge in [0.15, 0.2) is 0 Å². The van der Waals surface area contributed by atoms with E-state index >= 15 is 0 Å². The summed E-state index contributed by atoms with van der Waals surface area (Å²) in [5.41, 5.74) is 2.54. The topological polar surface area (TPSA) is 69.1 Å². The zero-order valence-corrected chi connectivity index (χ0v) is 9.59. The first-order valence-corrected chi connectivity index (χ1v) is 5.67. The van der Waals surface area contributed by atoms with E-state index in [1.165, 1.54) is 12.1 Å². The molecule has 4 heteroatoms. The van der Waals surface area contributed by atoms with Gasteiger partial charge in [0.25, 0.3) is 0 Å². The minimum Gasteiger partial charge on any atom is -0.508 e. The van der Waals surface area contributed by atoms with Gasteiger partial charge >= 0.3 is 0 Å². The lowest BCUT2D eigenvalue weighted by Crippen LogP contribution is -1.88. The van der Waals surface area contributed by atoms with Gasteiger partial charge < -0.3 is 10.2 Å². The van der Waals surface area contributed by atoms with Crippen LogP contribution in [0.25, 0.3) is 10.9 Å². The minimum absolute atomic E-state index is 0.0118. The standard InChI is InChI=1S/C14H12N2O2/c17-10-7-12-14(13(18)8-10)11(15-16-12)6-9-4-2-1-3-5-9/h1-5,7-8,17-18H,6H2,(H,15,16). The van der Waals surface area contributed by atoms with Gasteiger partial charge in [0.2, 0.25) is 0 Å². The molecule has 1 aromatic heterocycles. The summed E-state index contributed by atoms with van der Waals surface area (Å²) in [5, 5.41) is 26.9. The summed E-state index contributed by atoms with van der Waals surface area (Å²) in [6, 6.07) is 12.8. The van der Waals surface area contributed by atoms with Gasteiger partial charge in [0, 0.05) is 18.6 Å². The Morgan fingerprint density at radius 2 is 1.83 bits per heavy atom. The molecule has 3 rings (SSSR count). The van der Waals surface area contributed by atoms with Crippen LogP contribution in [-0.4, -0.2) is 20.4 Å². The van der Waals surface area contributed by atoms with Crippen molar-refractivity contribution in [3.63, 3.8) is 0 Å². The van der Waals surface area contributed by atoms with Crippen LogP contribution >= 0.6 is 0 Å². The van der Waals surface area contributed by atoms with E-state index in [4.69, 9.17) is 0 Å². The number of phenols is 2. The van der Waals surface area contributed by atoms with Crippen LogP contribution in [0.15, 0.2) is 42.5 Å². The third kappa shape index (κ3) is 1.78. The average molecular weight is 240 g/mol. The zero-order chi connectivity index (χ0) is 12.5. The molecule has 0 bridgehead atoms. The fraction of sp³-hybridized carbons (Fsp3) is 0.0714. The second kappa shape index (κ2) is 4.07. The van der Waals surface area contributed by atoms with Gasteiger partial charge in [-0.2, -0.15) is 5.10 Å². The Morgan fingerprint density at radius 3 is 2.61 bits per heavy atom. The third-order valence-corrected chi connectivity index (χ3v) is 2.92. The molecule has 0 radical (unpaired) electrons. The van der Waals surface area contributed by atoms with E-state index in [1.807, 2.05) is 30.3 Å². The largest absolute Gasteiger partial charge is 0.508 e. The number of hydrogen-bond donors (Lipinski definition) is 3. The Morgan fingerprint density at radius 1 is 1.06 bits per heavy atom. The van der Waals surface area contributed by atoms with Crippen molar-refractivity contribution in [2.75, 3.05) is 0 Å². The van der Waals surface area contributed by atoms with Crippen LogP contribution in [0.2, 0.25) is 0 Å². The highest BCUT2D eigenvalue weighted by Crippen LogP contribution is 2.31. The Balaban J connectivity index is 2.08. The van der Waals surface area contributed by atoms with E-state index < -0.39 is 0 Å². The molecule has 0 unspecified atom stereocenters. The first kappa shape index (κ1) is 10.7. The summed E-state index contributed by atoms with van der Waals surface area (Å²) in [6.45, 7) is 0. The molecular weight excluding hydrogens is 228 g/mol. The number of aromatic hydroxyl groups is 2. The number of rotatable bonds is 2. The van der Waals surface area contributed by atoms with Crippen LogP contribution in [0, 0.1) is 0 Å². The molecule has 0 fully saturated rings. The molecule has 0 atom stereocenters. The molecule has 0 saturated heterocycles. The summed E-state index contributed by atoms with van der Waals surface area (Å²) in [4.78, 5) is 0. The van der Waals surface area contributed by atoms with E-state index in [2.05, 4.69) is 10.2 Å². The minimum atomic E-state index is 0.0118. The predicted molar refractivity (Wildman–Crippen MR) is 68.7 cm³/mol. The SMILES string of the molecule is Oc1cc(O)c2c(Cc3ccccc3)[nH]nc2c1. The first-order chi connectivity index (χ1) is 8.74. The fourth-order valence-electron chi connectivity index (χ4n) is 2.11. The Kier molecular flexibility index (Phi) is 2.41. The Hall–Kier alpha value is -2.49. The summed E-state index contributed by atoms with van der Waals surface area (Å²) < 4.78 is 0. The van der Waals surface area contributed by atoms with Crippen molar-refractivity contribution in [3.8, 4) is 11.5 Å². The van der Waals surface area contributed by atoms with Gasteiger partial charge in [-0.15, -0.1) is 0 Å². The molecule has 4 nitrogen and oxygen atoms in total. The molecule has 0 spiro atoms. The highest BCUT2D eigenvalue weighted by molar-refractivity contribution is 5.89. The first-order valence-electron chi connectivity index (χ1n) is 5.67. The molecule has 1 heterocycles. The quantitative estimate of drug-likeness (QED) is 0.644. The maximum atomic E-state index is 9.88. The van der Waals surface area contributed by atoms with E-state index in [-0.39, 0.29) is 11.5 Å². The van der Waals surface area contributed by atoms with Gasteiger partial charge in [0.05, 0.1) is 16.6 Å². The van der Waals surface area contributed by atoms with Crippen LogP contribution in [0.5, 0.6) is 11.5 Å². The number of benzene rings is 2. The number of nitrogens with one attached hydrogen (secondary N) is 1. The maximum Gasteiger partial charge on any atom is 0.130 e. The summed E-state index contributed by atoms with van der Waals surface area (Å²) in [5.74, 6) is 0.0578. The van der Waals surface area contributed by atoms with Gasteiger partial charge in [-0.3, -0.25) is 5.10 Å². The Bertz CT molecular complexity index is 690. The number of nitrogens with zero attached hydrogens (tertiary/aromatic N) is 1. The van der Waals surface area contributed by atoms with Crippen LogP contribution in [0.4, 0.5) is 0 Å². The van der Waals surface area contributed by atoms with Crippen molar-refractivity contribution in [2.45, 2.75) is 6.42 Å². The number of aromatic nitrogens is 2. The van der Waals surface area contributed by atoms with Gasteiger partial charge in [0.1, 0.15) is 11.5 Å². The second-order valence-corrected chi connectivity index (χ2v) is 4.22. The molecule has 18 heavy (non-hydrogen) atoms. The van der Waals surface area contributed by atoms with Crippen molar-refractivity contribution in [2.24, 2.45) is 0 Å². The van der Waals surface area contributed by atoms with Crippen LogP contribution in [0.1, 0.15) is 11.3 Å². The molecule has 0 aliphatic rings. The van der Waals surface area contributed by atoms with Crippen molar-refractivity contribution in [1.82, 2.24) is 10.2 Å². The Labute approximate surface area is 104 Å². The molecular formula is C14H12N2O2. The summed E-state index contributed by atoms with van der Waals surface area (Å²) >= 11 is 0. The molecule has 3 aromatic rings. The zero-order valence-electron chi connectivity index (χ0n) is 9.59. The summed E-state index contributed by atoms with van der Waals surface area (Å²) in [7, 11) is 0. The second-order valence-electron chi connectivity index (χ2n) is 4.22. The van der Waals surface area contributed by atoms with E-state index in [0.717, 1.165) is 11.3 Å². The average Bonchev–Trinajstić information content (AvgIpc) is 2.73. The maximum absolute atomic E-state index is 9.88. The van der Waals surface area contributed by atoms with Gasteiger partial charge in [-0.05, 0) is 5.56 Å². The molecule has 0 aliphatic heterocycles. The molecule has 0 aliphatic carbocycles. The number of fused-ring (bicyclic) bond motifs is 1. The monoisotopic (exact) mass is 240 g/mol. The van der Waals surface area contributed by atoms with Crippen LogP contribution in [-0.2, 0) is 6.42 Å². The number of H-pyrrole nitrogens is 1. The molecule has 0 amide bonds. The fourth-order valence-corrected chi connectivity index (χ4v) is 2.11. The summed E-state index contributed by atoms with van der Waals surface area (Å²) in [6.07, 6.45) is 0.662. The highest BCUT2D eigenvalue weighted by Gasteiger charge is 2.11. The normalized spacial score (nSPS) is 10.9. The molecule has 0 saturated carbocycles. The van der Waals surface area contributed by atoms with Gasteiger partial charge in [-0.25, -0.2) is 0 Å². The van der Waals surface area contributed by atoms with E-state index in [1.54, 1.807) is 0 Å². The number of aromatic amines is 1. The van der Waals surface area contributed by atoms with Crippen molar-refractivity contribution < 1.29 is 10.2 Å². The van der Waals surface area contributed by atoms with Crippen molar-refractivity contribution in [3.05, 3.63) is 53.7 Å². The number of hydrogen-bond acceptors (Lipinski definition) is 3. The highest BCUT2D eigenvalue weighted by atomic mass is 16.3.